The molecular weight excluding hydrogens is 430 g/mol. The van der Waals surface area contributed by atoms with Crippen molar-refractivity contribution in [1.82, 2.24) is 15.1 Å². The highest BCUT2D eigenvalue weighted by Crippen LogP contribution is 2.37. The predicted molar refractivity (Wildman–Crippen MR) is 130 cm³/mol. The molecule has 1 aromatic heterocycles. The summed E-state index contributed by atoms with van der Waals surface area (Å²) in [5.41, 5.74) is 4.36. The molecule has 0 unspecified atom stereocenters. The number of amides is 1. The number of nitrogens with zero attached hydrogens (tertiary/aromatic N) is 2. The molecule has 34 heavy (non-hydrogen) atoms. The fourth-order valence-corrected chi connectivity index (χ4v) is 4.98. The van der Waals surface area contributed by atoms with Crippen molar-refractivity contribution in [3.05, 3.63) is 52.3 Å². The van der Waals surface area contributed by atoms with Gasteiger partial charge in [0.2, 0.25) is 0 Å². The minimum Gasteiger partial charge on any atom is -0.462 e. The molecule has 7 heteroatoms. The molecule has 1 spiro atoms. The first-order chi connectivity index (χ1) is 16.3. The van der Waals surface area contributed by atoms with E-state index in [2.05, 4.69) is 26.1 Å². The molecule has 1 amide bonds. The van der Waals surface area contributed by atoms with Crippen LogP contribution >= 0.6 is 0 Å². The lowest BCUT2D eigenvalue weighted by Gasteiger charge is -2.36. The van der Waals surface area contributed by atoms with E-state index in [0.29, 0.717) is 37.6 Å². The van der Waals surface area contributed by atoms with E-state index >= 15 is 0 Å². The number of hydrogen-bond acceptors (Lipinski definition) is 5. The number of carbonyl (C=O) groups is 2. The van der Waals surface area contributed by atoms with Crippen molar-refractivity contribution < 1.29 is 19.1 Å². The van der Waals surface area contributed by atoms with Crippen LogP contribution in [0, 0.1) is 11.3 Å². The maximum atomic E-state index is 13.0. The monoisotopic (exact) mass is 467 g/mol. The minimum absolute atomic E-state index is 0.0137. The Hall–Kier alpha value is -2.67. The third kappa shape index (κ3) is 5.19. The van der Waals surface area contributed by atoms with E-state index in [1.54, 1.807) is 0 Å². The third-order valence-electron chi connectivity index (χ3n) is 7.21. The number of ether oxygens (including phenoxy) is 2. The highest BCUT2D eigenvalue weighted by Gasteiger charge is 2.39. The van der Waals surface area contributed by atoms with Crippen LogP contribution < -0.4 is 5.32 Å². The Balaban J connectivity index is 1.46. The summed E-state index contributed by atoms with van der Waals surface area (Å²) in [6.45, 7) is 11.4. The maximum Gasteiger partial charge on any atom is 0.338 e. The zero-order chi connectivity index (χ0) is 24.3. The lowest BCUT2D eigenvalue weighted by molar-refractivity contribution is 0.0151. The number of aryl methyl sites for hydroxylation is 1. The third-order valence-corrected chi connectivity index (χ3v) is 7.21. The summed E-state index contributed by atoms with van der Waals surface area (Å²) in [4.78, 5) is 25.5. The van der Waals surface area contributed by atoms with Crippen molar-refractivity contribution in [3.8, 4) is 0 Å². The lowest BCUT2D eigenvalue weighted by atomic mass is 9.76. The SMILES string of the molecule is CCc1nn(C[C@@H](C)COC(=O)c2ccc(C(C)C)cc2)c2c1C(=O)NCC1(CCOCC1)C2. The van der Waals surface area contributed by atoms with Crippen molar-refractivity contribution in [2.75, 3.05) is 26.4 Å². The number of hydrogen-bond donors (Lipinski definition) is 1. The lowest BCUT2D eigenvalue weighted by Crippen LogP contribution is -2.41. The number of esters is 1. The topological polar surface area (TPSA) is 82.5 Å². The Labute approximate surface area is 202 Å². The fraction of sp³-hybridized carbons (Fsp3) is 0.593. The quantitative estimate of drug-likeness (QED) is 0.619. The van der Waals surface area contributed by atoms with Gasteiger partial charge in [0, 0.05) is 32.2 Å². The number of carbonyl (C=O) groups excluding carboxylic acids is 2. The van der Waals surface area contributed by atoms with Crippen LogP contribution in [0.4, 0.5) is 0 Å². The van der Waals surface area contributed by atoms with Crippen LogP contribution in [0.15, 0.2) is 24.3 Å². The van der Waals surface area contributed by atoms with Crippen LogP contribution in [0.25, 0.3) is 0 Å². The molecule has 1 N–H and O–H groups in total. The second-order valence-electron chi connectivity index (χ2n) is 10.3. The van der Waals surface area contributed by atoms with Gasteiger partial charge in [0.1, 0.15) is 0 Å². The van der Waals surface area contributed by atoms with Crippen LogP contribution in [0.2, 0.25) is 0 Å². The van der Waals surface area contributed by atoms with Gasteiger partial charge < -0.3 is 14.8 Å². The van der Waals surface area contributed by atoms with E-state index in [9.17, 15) is 9.59 Å². The molecule has 2 aromatic rings. The number of fused-ring (bicyclic) bond motifs is 1. The van der Waals surface area contributed by atoms with E-state index in [1.165, 1.54) is 5.56 Å². The van der Waals surface area contributed by atoms with Crippen molar-refractivity contribution in [3.63, 3.8) is 0 Å². The average Bonchev–Trinajstić information content (AvgIpc) is 3.11. The molecule has 1 saturated heterocycles. The Morgan fingerprint density at radius 3 is 2.56 bits per heavy atom. The second kappa shape index (κ2) is 10.3. The van der Waals surface area contributed by atoms with E-state index in [-0.39, 0.29) is 23.2 Å². The molecule has 7 nitrogen and oxygen atoms in total. The van der Waals surface area contributed by atoms with Crippen LogP contribution in [-0.4, -0.2) is 48.0 Å². The van der Waals surface area contributed by atoms with Gasteiger partial charge in [0.25, 0.3) is 5.91 Å². The summed E-state index contributed by atoms with van der Waals surface area (Å²) in [7, 11) is 0. The van der Waals surface area contributed by atoms with Crippen molar-refractivity contribution in [2.24, 2.45) is 11.3 Å². The highest BCUT2D eigenvalue weighted by atomic mass is 16.5. The van der Waals surface area contributed by atoms with Gasteiger partial charge in [-0.1, -0.05) is 39.8 Å². The number of nitrogens with one attached hydrogen (secondary N) is 1. The van der Waals surface area contributed by atoms with Gasteiger partial charge >= 0.3 is 5.97 Å². The van der Waals surface area contributed by atoms with Crippen molar-refractivity contribution >= 4 is 11.9 Å². The Morgan fingerprint density at radius 2 is 1.91 bits per heavy atom. The first kappa shape index (κ1) is 24.5. The molecule has 0 saturated carbocycles. The molecule has 1 atom stereocenters. The van der Waals surface area contributed by atoms with Gasteiger partial charge in [-0.25, -0.2) is 4.79 Å². The molecule has 3 heterocycles. The van der Waals surface area contributed by atoms with Crippen molar-refractivity contribution in [1.29, 1.82) is 0 Å². The zero-order valence-corrected chi connectivity index (χ0v) is 20.9. The van der Waals surface area contributed by atoms with Crippen molar-refractivity contribution in [2.45, 2.75) is 65.8 Å². The average molecular weight is 468 g/mol. The maximum absolute atomic E-state index is 13.0. The molecule has 1 aromatic carbocycles. The van der Waals surface area contributed by atoms with Gasteiger partial charge in [-0.15, -0.1) is 0 Å². The standard InChI is InChI=1S/C27H37N3O4/c1-5-22-24-23(14-27(17-28-25(24)31)10-12-33-13-11-27)30(29-22)15-19(4)16-34-26(32)21-8-6-20(7-9-21)18(2)3/h6-9,18-19H,5,10-17H2,1-4H3,(H,28,31)/t19-/m1/s1. The molecule has 1 fully saturated rings. The Bertz CT molecular complexity index is 1020. The van der Waals surface area contributed by atoms with Crippen LogP contribution in [0.1, 0.15) is 84.1 Å². The normalized spacial score (nSPS) is 18.3. The van der Waals surface area contributed by atoms with Crippen LogP contribution in [0.3, 0.4) is 0 Å². The minimum atomic E-state index is -0.309. The predicted octanol–water partition coefficient (Wildman–Crippen LogP) is 4.14. The van der Waals surface area contributed by atoms with Gasteiger partial charge in [0.05, 0.1) is 29.1 Å². The van der Waals surface area contributed by atoms with E-state index < -0.39 is 0 Å². The molecular formula is C27H37N3O4. The summed E-state index contributed by atoms with van der Waals surface area (Å²) >= 11 is 0. The molecule has 4 rings (SSSR count). The largest absolute Gasteiger partial charge is 0.462 e. The molecule has 184 valence electrons. The Kier molecular flexibility index (Phi) is 7.41. The summed E-state index contributed by atoms with van der Waals surface area (Å²) < 4.78 is 13.2. The summed E-state index contributed by atoms with van der Waals surface area (Å²) in [6.07, 6.45) is 3.38. The second-order valence-corrected chi connectivity index (χ2v) is 10.3. The number of rotatable bonds is 7. The molecule has 0 radical (unpaired) electrons. The molecule has 0 aliphatic carbocycles. The van der Waals surface area contributed by atoms with Gasteiger partial charge in [-0.3, -0.25) is 9.48 Å². The van der Waals surface area contributed by atoms with E-state index in [4.69, 9.17) is 14.6 Å². The van der Waals surface area contributed by atoms with E-state index in [1.807, 2.05) is 35.9 Å². The van der Waals surface area contributed by atoms with Gasteiger partial charge in [0.15, 0.2) is 0 Å². The summed E-state index contributed by atoms with van der Waals surface area (Å²) in [5, 5.41) is 7.97. The fourth-order valence-electron chi connectivity index (χ4n) is 4.98. The highest BCUT2D eigenvalue weighted by molar-refractivity contribution is 5.97. The summed E-state index contributed by atoms with van der Waals surface area (Å²) in [6, 6.07) is 7.62. The molecule has 0 bridgehead atoms. The van der Waals surface area contributed by atoms with Crippen LogP contribution in [-0.2, 0) is 28.9 Å². The molecule has 2 aliphatic rings. The van der Waals surface area contributed by atoms with Gasteiger partial charge in [-0.05, 0) is 54.7 Å². The molecule has 2 aliphatic heterocycles. The number of aromatic nitrogens is 2. The smallest absolute Gasteiger partial charge is 0.338 e. The number of benzene rings is 1. The van der Waals surface area contributed by atoms with Crippen LogP contribution in [0.5, 0.6) is 0 Å². The van der Waals surface area contributed by atoms with E-state index in [0.717, 1.165) is 49.4 Å². The zero-order valence-electron chi connectivity index (χ0n) is 20.9. The first-order valence-corrected chi connectivity index (χ1v) is 12.5. The van der Waals surface area contributed by atoms with Gasteiger partial charge in [-0.2, -0.15) is 5.10 Å². The summed E-state index contributed by atoms with van der Waals surface area (Å²) in [5.74, 6) is 0.149. The first-order valence-electron chi connectivity index (χ1n) is 12.5. The Morgan fingerprint density at radius 1 is 1.21 bits per heavy atom.